The van der Waals surface area contributed by atoms with Gasteiger partial charge in [0, 0.05) is 16.5 Å². The second-order valence-corrected chi connectivity index (χ2v) is 9.12. The van der Waals surface area contributed by atoms with Crippen molar-refractivity contribution < 1.29 is 13.6 Å². The second kappa shape index (κ2) is 7.98. The minimum absolute atomic E-state index is 0.114. The van der Waals surface area contributed by atoms with Crippen molar-refractivity contribution in [3.63, 3.8) is 0 Å². The molecule has 1 aromatic heterocycles. The Morgan fingerprint density at radius 2 is 1.71 bits per heavy atom. The molecule has 2 aliphatic rings. The number of aromatic nitrogens is 2. The van der Waals surface area contributed by atoms with Crippen LogP contribution in [0.4, 0.5) is 8.78 Å². The monoisotopic (exact) mass is 421 g/mol. The van der Waals surface area contributed by atoms with Crippen molar-refractivity contribution in [2.75, 3.05) is 0 Å². The molecule has 0 unspecified atom stereocenters. The van der Waals surface area contributed by atoms with Crippen molar-refractivity contribution in [2.24, 2.45) is 5.92 Å². The van der Waals surface area contributed by atoms with Crippen molar-refractivity contribution in [3.8, 4) is 0 Å². The van der Waals surface area contributed by atoms with Gasteiger partial charge in [-0.05, 0) is 105 Å². The lowest BCUT2D eigenvalue weighted by atomic mass is 9.76. The molecule has 0 spiro atoms. The molecule has 31 heavy (non-hydrogen) atoms. The van der Waals surface area contributed by atoms with Gasteiger partial charge in [0.25, 0.3) is 5.91 Å². The van der Waals surface area contributed by atoms with E-state index >= 15 is 0 Å². The van der Waals surface area contributed by atoms with Gasteiger partial charge in [0.15, 0.2) is 0 Å². The van der Waals surface area contributed by atoms with Gasteiger partial charge in [-0.1, -0.05) is 0 Å². The highest BCUT2D eigenvalue weighted by Gasteiger charge is 2.46. The third-order valence-corrected chi connectivity index (χ3v) is 6.94. The van der Waals surface area contributed by atoms with Crippen LogP contribution in [-0.4, -0.2) is 21.6 Å². The highest BCUT2D eigenvalue weighted by Crippen LogP contribution is 2.47. The fraction of sp³-hybridized carbons (Fsp3) is 0.400. The smallest absolute Gasteiger partial charge is 0.251 e. The van der Waals surface area contributed by atoms with Crippen LogP contribution in [0.2, 0.25) is 0 Å². The number of nitrogens with one attached hydrogen (secondary N) is 1. The molecule has 0 atom stereocenters. The number of benzene rings is 2. The minimum Gasteiger partial charge on any atom is -0.347 e. The molecular weight excluding hydrogens is 396 g/mol. The zero-order valence-electron chi connectivity index (χ0n) is 17.3. The van der Waals surface area contributed by atoms with Crippen LogP contribution >= 0.6 is 0 Å². The molecule has 0 saturated heterocycles. The molecule has 5 rings (SSSR count). The van der Waals surface area contributed by atoms with Crippen molar-refractivity contribution >= 4 is 16.8 Å². The van der Waals surface area contributed by atoms with E-state index in [0.717, 1.165) is 61.4 Å². The van der Waals surface area contributed by atoms with Crippen LogP contribution in [0.15, 0.2) is 48.7 Å². The van der Waals surface area contributed by atoms with Crippen LogP contribution in [0, 0.1) is 17.6 Å². The summed E-state index contributed by atoms with van der Waals surface area (Å²) < 4.78 is 26.9. The van der Waals surface area contributed by atoms with Gasteiger partial charge >= 0.3 is 0 Å². The van der Waals surface area contributed by atoms with E-state index in [2.05, 4.69) is 15.5 Å². The summed E-state index contributed by atoms with van der Waals surface area (Å²) >= 11 is 0. The van der Waals surface area contributed by atoms with Crippen LogP contribution in [-0.2, 0) is 0 Å². The fourth-order valence-electron chi connectivity index (χ4n) is 5.05. The Bertz CT molecular complexity index is 1100. The van der Waals surface area contributed by atoms with Gasteiger partial charge < -0.3 is 5.32 Å². The normalized spacial score (nSPS) is 22.3. The Morgan fingerprint density at radius 1 is 1.00 bits per heavy atom. The van der Waals surface area contributed by atoms with E-state index in [1.165, 1.54) is 30.3 Å². The third kappa shape index (κ3) is 4.29. The van der Waals surface area contributed by atoms with Gasteiger partial charge in [0.1, 0.15) is 11.6 Å². The lowest BCUT2D eigenvalue weighted by Crippen LogP contribution is -2.38. The van der Waals surface area contributed by atoms with Crippen molar-refractivity contribution in [3.05, 3.63) is 71.4 Å². The maximum atomic E-state index is 13.8. The molecule has 6 heteroatoms. The Labute approximate surface area is 180 Å². The molecule has 4 nitrogen and oxygen atoms in total. The number of rotatable bonds is 5. The Balaban J connectivity index is 1.21. The lowest BCUT2D eigenvalue weighted by molar-refractivity contribution is 0.0921. The molecule has 0 radical (unpaired) electrons. The molecule has 2 saturated carbocycles. The highest BCUT2D eigenvalue weighted by molar-refractivity contribution is 5.94. The second-order valence-electron chi connectivity index (χ2n) is 9.12. The number of carbonyl (C=O) groups is 1. The van der Waals surface area contributed by atoms with Crippen molar-refractivity contribution in [1.29, 1.82) is 0 Å². The van der Waals surface area contributed by atoms with E-state index in [4.69, 9.17) is 0 Å². The van der Waals surface area contributed by atoms with E-state index in [0.29, 0.717) is 17.4 Å². The lowest BCUT2D eigenvalue weighted by Gasteiger charge is -2.32. The molecule has 1 amide bonds. The third-order valence-electron chi connectivity index (χ3n) is 6.94. The summed E-state index contributed by atoms with van der Waals surface area (Å²) in [5.74, 6) is 0.213. The molecule has 0 bridgehead atoms. The largest absolute Gasteiger partial charge is 0.347 e. The zero-order chi connectivity index (χ0) is 21.4. The molecule has 2 aliphatic carbocycles. The van der Waals surface area contributed by atoms with Crippen LogP contribution < -0.4 is 5.32 Å². The maximum Gasteiger partial charge on any atom is 0.251 e. The van der Waals surface area contributed by atoms with E-state index in [9.17, 15) is 13.6 Å². The van der Waals surface area contributed by atoms with Gasteiger partial charge in [-0.15, -0.1) is 0 Å². The molecule has 160 valence electrons. The maximum absolute atomic E-state index is 13.8. The first-order valence-corrected chi connectivity index (χ1v) is 11.0. The molecular formula is C25H25F2N3O. The Morgan fingerprint density at radius 3 is 2.42 bits per heavy atom. The van der Waals surface area contributed by atoms with Crippen LogP contribution in [0.5, 0.6) is 0 Å². The summed E-state index contributed by atoms with van der Waals surface area (Å²) in [6.07, 6.45) is 8.99. The van der Waals surface area contributed by atoms with Crippen molar-refractivity contribution in [2.45, 2.75) is 56.4 Å². The number of fused-ring (bicyclic) bond motifs is 1. The number of nitrogens with zero attached hydrogens (tertiary/aromatic N) is 2. The Hall–Kier alpha value is -2.89. The van der Waals surface area contributed by atoms with Crippen LogP contribution in [0.3, 0.4) is 0 Å². The summed E-state index contributed by atoms with van der Waals surface area (Å²) in [6, 6.07) is 10.4. The van der Waals surface area contributed by atoms with E-state index in [1.807, 2.05) is 0 Å². The number of carbonyl (C=O) groups excluding carboxylic acids is 1. The zero-order valence-corrected chi connectivity index (χ0v) is 17.3. The van der Waals surface area contributed by atoms with Crippen LogP contribution in [0.1, 0.15) is 66.8 Å². The number of hydrogen-bond acceptors (Lipinski definition) is 3. The first-order chi connectivity index (χ1) is 15.0. The van der Waals surface area contributed by atoms with Gasteiger partial charge in [0.2, 0.25) is 0 Å². The van der Waals surface area contributed by atoms with E-state index < -0.39 is 0 Å². The summed E-state index contributed by atoms with van der Waals surface area (Å²) in [7, 11) is 0. The predicted octanol–water partition coefficient (Wildman–Crippen LogP) is 5.53. The fourth-order valence-corrected chi connectivity index (χ4v) is 5.05. The molecule has 1 N–H and O–H groups in total. The molecule has 1 heterocycles. The average Bonchev–Trinajstić information content (AvgIpc) is 3.53. The summed E-state index contributed by atoms with van der Waals surface area (Å²) in [6.45, 7) is 0. The van der Waals surface area contributed by atoms with Gasteiger partial charge in [-0.25, -0.2) is 8.78 Å². The molecule has 2 aromatic carbocycles. The molecule has 0 aliphatic heterocycles. The Kier molecular flexibility index (Phi) is 5.16. The first kappa shape index (κ1) is 20.0. The SMILES string of the molecule is O=C(NC1(CC2CCC(c3cnnc4ccc(F)cc34)CC2)CC1)c1ccc(F)cc1. The van der Waals surface area contributed by atoms with Gasteiger partial charge in [-0.3, -0.25) is 4.79 Å². The quantitative estimate of drug-likeness (QED) is 0.589. The number of hydrogen-bond donors (Lipinski definition) is 1. The minimum atomic E-state index is -0.339. The summed E-state index contributed by atoms with van der Waals surface area (Å²) in [5.41, 5.74) is 2.22. The van der Waals surface area contributed by atoms with E-state index in [1.54, 1.807) is 18.3 Å². The first-order valence-electron chi connectivity index (χ1n) is 11.0. The molecule has 3 aromatic rings. The molecule has 2 fully saturated rings. The standard InChI is InChI=1S/C25H25F2N3O/c26-19-7-5-18(6-8-19)24(31)29-25(11-12-25)14-16-1-3-17(4-2-16)22-15-28-30-23-10-9-20(27)13-21(22)23/h5-10,13,15-17H,1-4,11-12,14H2,(H,29,31). The predicted molar refractivity (Wildman–Crippen MR) is 115 cm³/mol. The van der Waals surface area contributed by atoms with Gasteiger partial charge in [-0.2, -0.15) is 10.2 Å². The van der Waals surface area contributed by atoms with Crippen molar-refractivity contribution in [1.82, 2.24) is 15.5 Å². The number of amides is 1. The highest BCUT2D eigenvalue weighted by atomic mass is 19.1. The summed E-state index contributed by atoms with van der Waals surface area (Å²) in [5, 5.41) is 12.3. The van der Waals surface area contributed by atoms with Crippen LogP contribution in [0.25, 0.3) is 10.9 Å². The number of halogens is 2. The van der Waals surface area contributed by atoms with Gasteiger partial charge in [0.05, 0.1) is 11.7 Å². The van der Waals surface area contributed by atoms with E-state index in [-0.39, 0.29) is 23.1 Å². The topological polar surface area (TPSA) is 54.9 Å². The summed E-state index contributed by atoms with van der Waals surface area (Å²) in [4.78, 5) is 12.6. The average molecular weight is 421 g/mol.